The molecule has 6 nitrogen and oxygen atoms in total. The first-order valence-corrected chi connectivity index (χ1v) is 9.36. The van der Waals surface area contributed by atoms with Crippen LogP contribution in [0.4, 0.5) is 15.9 Å². The monoisotopic (exact) mass is 397 g/mol. The number of aromatic nitrogens is 4. The first-order chi connectivity index (χ1) is 14.7. The molecule has 0 amide bonds. The molecule has 0 radical (unpaired) electrons. The molecule has 0 aliphatic rings. The molecule has 0 aliphatic carbocycles. The molecule has 0 unspecified atom stereocenters. The largest absolute Gasteiger partial charge is 0.413 e. The molecule has 146 valence electrons. The molecule has 0 bridgehead atoms. The van der Waals surface area contributed by atoms with Gasteiger partial charge in [-0.2, -0.15) is 0 Å². The van der Waals surface area contributed by atoms with Crippen LogP contribution in [0.15, 0.2) is 77.2 Å². The zero-order valence-electron chi connectivity index (χ0n) is 16.0. The lowest BCUT2D eigenvalue weighted by molar-refractivity contribution is 0.579. The summed E-state index contributed by atoms with van der Waals surface area (Å²) >= 11 is 0. The van der Waals surface area contributed by atoms with Crippen LogP contribution in [0.2, 0.25) is 0 Å². The van der Waals surface area contributed by atoms with Crippen LogP contribution in [-0.2, 0) is 0 Å². The summed E-state index contributed by atoms with van der Waals surface area (Å²) in [5, 5.41) is 12.4. The van der Waals surface area contributed by atoms with Crippen LogP contribution in [0.1, 0.15) is 5.56 Å². The summed E-state index contributed by atoms with van der Waals surface area (Å²) < 4.78 is 18.9. The zero-order valence-corrected chi connectivity index (χ0v) is 16.0. The quantitative estimate of drug-likeness (QED) is 0.429. The molecule has 0 spiro atoms. The Bertz CT molecular complexity index is 1330. The van der Waals surface area contributed by atoms with Crippen LogP contribution in [0.25, 0.3) is 34.1 Å². The predicted octanol–water partition coefficient (Wildman–Crippen LogP) is 5.54. The second-order valence-corrected chi connectivity index (χ2v) is 6.82. The second-order valence-electron chi connectivity index (χ2n) is 6.82. The van der Waals surface area contributed by atoms with Gasteiger partial charge in [0.2, 0.25) is 11.7 Å². The van der Waals surface area contributed by atoms with E-state index in [1.807, 2.05) is 55.5 Å². The third-order valence-electron chi connectivity index (χ3n) is 4.62. The normalized spacial score (nSPS) is 11.0. The highest BCUT2D eigenvalue weighted by molar-refractivity contribution is 5.91. The van der Waals surface area contributed by atoms with E-state index in [0.29, 0.717) is 17.2 Å². The van der Waals surface area contributed by atoms with Gasteiger partial charge in [-0.15, -0.1) is 10.2 Å². The summed E-state index contributed by atoms with van der Waals surface area (Å²) in [5.41, 5.74) is 3.45. The zero-order chi connectivity index (χ0) is 20.5. The Labute approximate surface area is 171 Å². The van der Waals surface area contributed by atoms with E-state index >= 15 is 0 Å². The highest BCUT2D eigenvalue weighted by Gasteiger charge is 2.16. The van der Waals surface area contributed by atoms with Crippen LogP contribution in [-0.4, -0.2) is 20.2 Å². The number of nitrogens with one attached hydrogen (secondary N) is 1. The van der Waals surface area contributed by atoms with Crippen molar-refractivity contribution >= 4 is 22.4 Å². The average molecular weight is 397 g/mol. The summed E-state index contributed by atoms with van der Waals surface area (Å²) in [7, 11) is 0. The Morgan fingerprint density at radius 2 is 1.53 bits per heavy atom. The lowest BCUT2D eigenvalue weighted by atomic mass is 10.2. The van der Waals surface area contributed by atoms with Crippen molar-refractivity contribution in [2.75, 3.05) is 5.32 Å². The Morgan fingerprint density at radius 1 is 0.800 bits per heavy atom. The van der Waals surface area contributed by atoms with E-state index in [1.165, 1.54) is 17.7 Å². The van der Waals surface area contributed by atoms with Crippen molar-refractivity contribution in [1.82, 2.24) is 20.2 Å². The van der Waals surface area contributed by atoms with E-state index < -0.39 is 0 Å². The minimum Gasteiger partial charge on any atom is -0.413 e. The lowest BCUT2D eigenvalue weighted by Crippen LogP contribution is -1.99. The fourth-order valence-electron chi connectivity index (χ4n) is 3.06. The van der Waals surface area contributed by atoms with Gasteiger partial charge in [-0.05, 0) is 55.5 Å². The topological polar surface area (TPSA) is 76.7 Å². The molecule has 5 rings (SSSR count). The number of para-hydroxylation sites is 1. The molecule has 0 fully saturated rings. The van der Waals surface area contributed by atoms with Crippen molar-refractivity contribution in [2.24, 2.45) is 0 Å². The van der Waals surface area contributed by atoms with Gasteiger partial charge < -0.3 is 9.73 Å². The minimum atomic E-state index is -0.330. The molecular formula is C23H16FN5O. The molecule has 0 saturated heterocycles. The molecule has 7 heteroatoms. The van der Waals surface area contributed by atoms with E-state index in [4.69, 9.17) is 4.42 Å². The maximum Gasteiger partial charge on any atom is 0.286 e. The molecule has 0 atom stereocenters. The minimum absolute atomic E-state index is 0.187. The number of nitrogens with zero attached hydrogens (tertiary/aromatic N) is 4. The molecule has 2 heterocycles. The van der Waals surface area contributed by atoms with Gasteiger partial charge in [0, 0.05) is 16.6 Å². The lowest BCUT2D eigenvalue weighted by Gasteiger charge is -2.10. The van der Waals surface area contributed by atoms with E-state index in [-0.39, 0.29) is 17.6 Å². The van der Waals surface area contributed by atoms with Gasteiger partial charge in [-0.1, -0.05) is 29.8 Å². The van der Waals surface area contributed by atoms with E-state index in [1.54, 1.807) is 12.1 Å². The smallest absolute Gasteiger partial charge is 0.286 e. The van der Waals surface area contributed by atoms with Gasteiger partial charge in [0.25, 0.3) is 5.89 Å². The Hall–Kier alpha value is -4.13. The first-order valence-electron chi connectivity index (χ1n) is 9.36. The molecule has 3 aromatic carbocycles. The standard InChI is InChI=1S/C23H16FN5O/c1-14-6-12-17(13-7-14)25-20-18-4-2-3-5-19(18)26-21(27-20)23-29-28-22(30-23)15-8-10-16(24)11-9-15/h2-13H,1H3,(H,25,26,27). The summed E-state index contributed by atoms with van der Waals surface area (Å²) in [4.78, 5) is 9.21. The van der Waals surface area contributed by atoms with Crippen LogP contribution >= 0.6 is 0 Å². The fourth-order valence-corrected chi connectivity index (χ4v) is 3.06. The van der Waals surface area contributed by atoms with Gasteiger partial charge in [0.05, 0.1) is 5.52 Å². The summed E-state index contributed by atoms with van der Waals surface area (Å²) in [6, 6.07) is 21.6. The van der Waals surface area contributed by atoms with Gasteiger partial charge in [0.15, 0.2) is 0 Å². The predicted molar refractivity (Wildman–Crippen MR) is 113 cm³/mol. The van der Waals surface area contributed by atoms with Crippen molar-refractivity contribution in [1.29, 1.82) is 0 Å². The first kappa shape index (κ1) is 17.9. The molecule has 1 N–H and O–H groups in total. The number of rotatable bonds is 4. The Balaban J connectivity index is 1.56. The van der Waals surface area contributed by atoms with Gasteiger partial charge in [0.1, 0.15) is 11.6 Å². The van der Waals surface area contributed by atoms with Gasteiger partial charge >= 0.3 is 0 Å². The number of fused-ring (bicyclic) bond motifs is 1. The van der Waals surface area contributed by atoms with Crippen LogP contribution in [0.3, 0.4) is 0 Å². The summed E-state index contributed by atoms with van der Waals surface area (Å²) in [6.07, 6.45) is 0. The van der Waals surface area contributed by atoms with Gasteiger partial charge in [-0.3, -0.25) is 0 Å². The maximum atomic E-state index is 13.2. The van der Waals surface area contributed by atoms with Crippen LogP contribution < -0.4 is 5.32 Å². The number of hydrogen-bond donors (Lipinski definition) is 1. The molecule has 0 aliphatic heterocycles. The third kappa shape index (κ3) is 3.48. The molecular weight excluding hydrogens is 381 g/mol. The van der Waals surface area contributed by atoms with Crippen molar-refractivity contribution in [3.63, 3.8) is 0 Å². The van der Waals surface area contributed by atoms with Gasteiger partial charge in [-0.25, -0.2) is 14.4 Å². The SMILES string of the molecule is Cc1ccc(Nc2nc(-c3nnc(-c4ccc(F)cc4)o3)nc3ccccc23)cc1. The summed E-state index contributed by atoms with van der Waals surface area (Å²) in [6.45, 7) is 2.04. The third-order valence-corrected chi connectivity index (χ3v) is 4.62. The average Bonchev–Trinajstić information content (AvgIpc) is 3.26. The number of anilines is 2. The van der Waals surface area contributed by atoms with Crippen LogP contribution in [0.5, 0.6) is 0 Å². The van der Waals surface area contributed by atoms with Crippen molar-refractivity contribution in [2.45, 2.75) is 6.92 Å². The Morgan fingerprint density at radius 3 is 2.33 bits per heavy atom. The highest BCUT2D eigenvalue weighted by atomic mass is 19.1. The Kier molecular flexibility index (Phi) is 4.40. The van der Waals surface area contributed by atoms with E-state index in [9.17, 15) is 4.39 Å². The number of aryl methyl sites for hydroxylation is 1. The molecule has 2 aromatic heterocycles. The highest BCUT2D eigenvalue weighted by Crippen LogP contribution is 2.28. The molecule has 5 aromatic rings. The van der Waals surface area contributed by atoms with E-state index in [0.717, 1.165) is 16.6 Å². The van der Waals surface area contributed by atoms with Crippen molar-refractivity contribution < 1.29 is 8.81 Å². The van der Waals surface area contributed by atoms with Crippen LogP contribution in [0, 0.1) is 12.7 Å². The summed E-state index contributed by atoms with van der Waals surface area (Å²) in [5.74, 6) is 1.08. The van der Waals surface area contributed by atoms with E-state index in [2.05, 4.69) is 25.5 Å². The molecule has 30 heavy (non-hydrogen) atoms. The van der Waals surface area contributed by atoms with Crippen molar-refractivity contribution in [3.8, 4) is 23.2 Å². The molecule has 0 saturated carbocycles. The van der Waals surface area contributed by atoms with Crippen molar-refractivity contribution in [3.05, 3.63) is 84.2 Å². The number of halogens is 1. The maximum absolute atomic E-state index is 13.2. The number of benzene rings is 3. The second kappa shape index (κ2) is 7.36. The number of hydrogen-bond acceptors (Lipinski definition) is 6. The fraction of sp³-hybridized carbons (Fsp3) is 0.0435.